The SMILES string of the molecule is O=C(NO)c1cccc(-c2cccc(C(=O)NCc3cc(F)cc(C(F)(F)F)c3)c2)c1. The third kappa shape index (κ3) is 5.46. The summed E-state index contributed by atoms with van der Waals surface area (Å²) >= 11 is 0. The molecule has 0 saturated heterocycles. The molecule has 31 heavy (non-hydrogen) atoms. The van der Waals surface area contributed by atoms with Crippen LogP contribution in [0.5, 0.6) is 0 Å². The van der Waals surface area contributed by atoms with Crippen LogP contribution in [0.1, 0.15) is 31.8 Å². The first-order valence-electron chi connectivity index (χ1n) is 8.97. The molecule has 160 valence electrons. The minimum atomic E-state index is -4.70. The fourth-order valence-corrected chi connectivity index (χ4v) is 2.95. The van der Waals surface area contributed by atoms with Gasteiger partial charge in [-0.15, -0.1) is 0 Å². The maximum Gasteiger partial charge on any atom is 0.416 e. The first-order valence-corrected chi connectivity index (χ1v) is 8.97. The van der Waals surface area contributed by atoms with Gasteiger partial charge in [-0.25, -0.2) is 9.87 Å². The highest BCUT2D eigenvalue weighted by molar-refractivity contribution is 5.96. The lowest BCUT2D eigenvalue weighted by Gasteiger charge is -2.11. The van der Waals surface area contributed by atoms with Crippen LogP contribution in [-0.2, 0) is 12.7 Å². The summed E-state index contributed by atoms with van der Waals surface area (Å²) in [6.07, 6.45) is -4.70. The molecule has 3 aromatic carbocycles. The van der Waals surface area contributed by atoms with Crippen molar-refractivity contribution in [3.8, 4) is 11.1 Å². The first-order chi connectivity index (χ1) is 14.7. The average molecular weight is 432 g/mol. The van der Waals surface area contributed by atoms with E-state index in [-0.39, 0.29) is 23.2 Å². The molecule has 0 aliphatic rings. The number of hydroxylamine groups is 1. The fourth-order valence-electron chi connectivity index (χ4n) is 2.95. The second kappa shape index (κ2) is 8.97. The zero-order valence-corrected chi connectivity index (χ0v) is 15.8. The van der Waals surface area contributed by atoms with Gasteiger partial charge in [-0.1, -0.05) is 24.3 Å². The highest BCUT2D eigenvalue weighted by Gasteiger charge is 2.31. The number of hydrogen-bond donors (Lipinski definition) is 3. The minimum absolute atomic E-state index is 0.0282. The Morgan fingerprint density at radius 3 is 1.97 bits per heavy atom. The van der Waals surface area contributed by atoms with E-state index in [9.17, 15) is 27.2 Å². The molecule has 9 heteroatoms. The van der Waals surface area contributed by atoms with Crippen LogP contribution in [0.15, 0.2) is 66.7 Å². The molecule has 0 spiro atoms. The highest BCUT2D eigenvalue weighted by atomic mass is 19.4. The van der Waals surface area contributed by atoms with E-state index < -0.39 is 29.4 Å². The lowest BCUT2D eigenvalue weighted by Crippen LogP contribution is -2.23. The summed E-state index contributed by atoms with van der Waals surface area (Å²) in [4.78, 5) is 24.0. The van der Waals surface area contributed by atoms with Gasteiger partial charge in [-0.3, -0.25) is 14.8 Å². The van der Waals surface area contributed by atoms with E-state index in [4.69, 9.17) is 5.21 Å². The van der Waals surface area contributed by atoms with Crippen LogP contribution < -0.4 is 10.8 Å². The zero-order chi connectivity index (χ0) is 22.6. The zero-order valence-electron chi connectivity index (χ0n) is 15.8. The molecule has 0 unspecified atom stereocenters. The quantitative estimate of drug-likeness (QED) is 0.314. The molecule has 0 aliphatic heterocycles. The van der Waals surface area contributed by atoms with E-state index in [0.29, 0.717) is 17.2 Å². The Balaban J connectivity index is 1.77. The van der Waals surface area contributed by atoms with Crippen LogP contribution in [0.4, 0.5) is 17.6 Å². The number of benzene rings is 3. The number of carbonyl (C=O) groups excluding carboxylic acids is 2. The van der Waals surface area contributed by atoms with Gasteiger partial charge in [-0.2, -0.15) is 13.2 Å². The molecular formula is C22H16F4N2O3. The fraction of sp³-hybridized carbons (Fsp3) is 0.0909. The summed E-state index contributed by atoms with van der Waals surface area (Å²) in [5, 5.41) is 11.2. The monoisotopic (exact) mass is 432 g/mol. The van der Waals surface area contributed by atoms with Crippen molar-refractivity contribution in [2.45, 2.75) is 12.7 Å². The van der Waals surface area contributed by atoms with Gasteiger partial charge < -0.3 is 5.32 Å². The Morgan fingerprint density at radius 2 is 1.42 bits per heavy atom. The Labute approximate surface area is 174 Å². The molecular weight excluding hydrogens is 416 g/mol. The summed E-state index contributed by atoms with van der Waals surface area (Å²) in [6.45, 7) is -0.296. The Hall–Kier alpha value is -3.72. The second-order valence-corrected chi connectivity index (χ2v) is 6.63. The maximum atomic E-state index is 13.5. The Kier molecular flexibility index (Phi) is 6.36. The largest absolute Gasteiger partial charge is 0.416 e. The van der Waals surface area contributed by atoms with Crippen LogP contribution in [0.3, 0.4) is 0 Å². The maximum absolute atomic E-state index is 13.5. The number of nitrogens with one attached hydrogen (secondary N) is 2. The standard InChI is InChI=1S/C22H16F4N2O3/c23-19-8-13(7-18(11-19)22(24,25)26)12-27-20(29)16-5-1-3-14(9-16)15-4-2-6-17(10-15)21(30)28-31/h1-11,31H,12H2,(H,27,29)(H,28,30). The Morgan fingerprint density at radius 1 is 0.839 bits per heavy atom. The van der Waals surface area contributed by atoms with Crippen LogP contribution in [-0.4, -0.2) is 17.0 Å². The molecule has 3 N–H and O–H groups in total. The molecule has 3 aromatic rings. The van der Waals surface area contributed by atoms with E-state index in [1.54, 1.807) is 24.3 Å². The summed E-state index contributed by atoms with van der Waals surface area (Å²) in [5.74, 6) is -2.30. The topological polar surface area (TPSA) is 78.4 Å². The van der Waals surface area contributed by atoms with Crippen molar-refractivity contribution in [2.24, 2.45) is 0 Å². The molecule has 0 fully saturated rings. The predicted molar refractivity (Wildman–Crippen MR) is 104 cm³/mol. The second-order valence-electron chi connectivity index (χ2n) is 6.63. The van der Waals surface area contributed by atoms with Crippen molar-refractivity contribution < 1.29 is 32.4 Å². The number of alkyl halides is 3. The van der Waals surface area contributed by atoms with E-state index in [1.165, 1.54) is 29.7 Å². The lowest BCUT2D eigenvalue weighted by molar-refractivity contribution is -0.137. The van der Waals surface area contributed by atoms with Crippen LogP contribution in [0.2, 0.25) is 0 Å². The van der Waals surface area contributed by atoms with Gasteiger partial charge in [0, 0.05) is 17.7 Å². The van der Waals surface area contributed by atoms with Crippen LogP contribution in [0, 0.1) is 5.82 Å². The third-order valence-electron chi connectivity index (χ3n) is 4.42. The molecule has 0 atom stereocenters. The summed E-state index contributed by atoms with van der Waals surface area (Å²) in [7, 11) is 0. The van der Waals surface area contributed by atoms with Gasteiger partial charge in [0.15, 0.2) is 0 Å². The smallest absolute Gasteiger partial charge is 0.348 e. The molecule has 3 rings (SSSR count). The normalized spacial score (nSPS) is 11.1. The van der Waals surface area contributed by atoms with Crippen molar-refractivity contribution in [3.63, 3.8) is 0 Å². The third-order valence-corrected chi connectivity index (χ3v) is 4.42. The highest BCUT2D eigenvalue weighted by Crippen LogP contribution is 2.30. The lowest BCUT2D eigenvalue weighted by atomic mass is 10.0. The van der Waals surface area contributed by atoms with Crippen molar-refractivity contribution >= 4 is 11.8 Å². The number of halogens is 4. The summed E-state index contributed by atoms with van der Waals surface area (Å²) in [5.41, 5.74) is 2.02. The van der Waals surface area contributed by atoms with Crippen molar-refractivity contribution in [2.75, 3.05) is 0 Å². The number of carbonyl (C=O) groups is 2. The summed E-state index contributed by atoms with van der Waals surface area (Å²) < 4.78 is 52.0. The molecule has 0 saturated carbocycles. The molecule has 2 amide bonds. The van der Waals surface area contributed by atoms with Gasteiger partial charge in [-0.05, 0) is 59.2 Å². The van der Waals surface area contributed by atoms with Crippen molar-refractivity contribution in [1.29, 1.82) is 0 Å². The first kappa shape index (κ1) is 22.0. The van der Waals surface area contributed by atoms with E-state index >= 15 is 0 Å². The van der Waals surface area contributed by atoms with Crippen LogP contribution >= 0.6 is 0 Å². The molecule has 0 aromatic heterocycles. The number of rotatable bonds is 5. The molecule has 5 nitrogen and oxygen atoms in total. The molecule has 0 aliphatic carbocycles. The molecule has 0 radical (unpaired) electrons. The Bertz CT molecular complexity index is 1130. The molecule has 0 bridgehead atoms. The van der Waals surface area contributed by atoms with E-state index in [2.05, 4.69) is 5.32 Å². The van der Waals surface area contributed by atoms with Gasteiger partial charge >= 0.3 is 6.18 Å². The predicted octanol–water partition coefficient (Wildman–Crippen LogP) is 4.56. The number of hydrogen-bond acceptors (Lipinski definition) is 3. The minimum Gasteiger partial charge on any atom is -0.348 e. The van der Waals surface area contributed by atoms with Crippen molar-refractivity contribution in [1.82, 2.24) is 10.8 Å². The van der Waals surface area contributed by atoms with Crippen molar-refractivity contribution in [3.05, 3.63) is 94.8 Å². The van der Waals surface area contributed by atoms with E-state index in [0.717, 1.165) is 12.1 Å². The van der Waals surface area contributed by atoms with Gasteiger partial charge in [0.1, 0.15) is 5.82 Å². The van der Waals surface area contributed by atoms with E-state index in [1.807, 2.05) is 0 Å². The van der Waals surface area contributed by atoms with Gasteiger partial charge in [0.25, 0.3) is 11.8 Å². The average Bonchev–Trinajstić information content (AvgIpc) is 2.76. The van der Waals surface area contributed by atoms with Gasteiger partial charge in [0.2, 0.25) is 0 Å². The summed E-state index contributed by atoms with van der Waals surface area (Å²) in [6, 6.07) is 14.8. The number of amides is 2. The van der Waals surface area contributed by atoms with Gasteiger partial charge in [0.05, 0.1) is 5.56 Å². The van der Waals surface area contributed by atoms with Crippen LogP contribution in [0.25, 0.3) is 11.1 Å². The molecule has 0 heterocycles.